The van der Waals surface area contributed by atoms with E-state index in [1.165, 1.54) is 53.1 Å². The topological polar surface area (TPSA) is 12.9 Å². The number of hydrogen-bond acceptors (Lipinski definition) is 1. The van der Waals surface area contributed by atoms with E-state index in [1.54, 1.807) is 5.56 Å². The van der Waals surface area contributed by atoms with Gasteiger partial charge in [0.1, 0.15) is 0 Å². The highest BCUT2D eigenvalue weighted by molar-refractivity contribution is 5.95. The maximum absolute atomic E-state index is 4.78. The molecule has 2 saturated carbocycles. The summed E-state index contributed by atoms with van der Waals surface area (Å²) in [5, 5.41) is 2.61. The van der Waals surface area contributed by atoms with Gasteiger partial charge < -0.3 is 0 Å². The molecule has 0 amide bonds. The second kappa shape index (κ2) is 5.69. The number of aromatic nitrogens is 1. The molecule has 5 rings (SSSR count). The van der Waals surface area contributed by atoms with Crippen molar-refractivity contribution in [2.45, 2.75) is 45.4 Å². The van der Waals surface area contributed by atoms with Gasteiger partial charge in [0.25, 0.3) is 0 Å². The average Bonchev–Trinajstić information content (AvgIpc) is 3.23. The second-order valence-corrected chi connectivity index (χ2v) is 8.30. The first kappa shape index (κ1) is 15.1. The van der Waals surface area contributed by atoms with Crippen molar-refractivity contribution >= 4 is 10.8 Å². The fourth-order valence-electron chi connectivity index (χ4n) is 5.41. The molecule has 0 N–H and O–H groups in total. The van der Waals surface area contributed by atoms with Gasteiger partial charge in [0.05, 0.1) is 5.69 Å². The standard InChI is InChI=1S/C24H25N/c1-15-9-16(2)11-21(10-15)24-23-14-20(6-5-18(23)7-8-25-24)22-13-17-3-4-19(22)12-17/h5-11,14,17,19,22H,3-4,12-13H2,1-2H3. The van der Waals surface area contributed by atoms with E-state index in [-0.39, 0.29) is 0 Å². The van der Waals surface area contributed by atoms with Crippen molar-refractivity contribution in [1.82, 2.24) is 4.98 Å². The van der Waals surface area contributed by atoms with Crippen LogP contribution < -0.4 is 0 Å². The minimum Gasteiger partial charge on any atom is -0.256 e. The van der Waals surface area contributed by atoms with E-state index in [0.29, 0.717) is 0 Å². The molecular formula is C24H25N. The molecule has 3 unspecified atom stereocenters. The predicted molar refractivity (Wildman–Crippen MR) is 105 cm³/mol. The van der Waals surface area contributed by atoms with Crippen LogP contribution in [0.5, 0.6) is 0 Å². The quantitative estimate of drug-likeness (QED) is 0.529. The lowest BCUT2D eigenvalue weighted by atomic mass is 9.82. The lowest BCUT2D eigenvalue weighted by Crippen LogP contribution is -2.08. The van der Waals surface area contributed by atoms with Crippen LogP contribution in [0.15, 0.2) is 48.7 Å². The molecule has 25 heavy (non-hydrogen) atoms. The van der Waals surface area contributed by atoms with Crippen molar-refractivity contribution in [1.29, 1.82) is 0 Å². The van der Waals surface area contributed by atoms with Gasteiger partial charge in [-0.3, -0.25) is 4.98 Å². The van der Waals surface area contributed by atoms with E-state index < -0.39 is 0 Å². The van der Waals surface area contributed by atoms with Gasteiger partial charge in [-0.1, -0.05) is 35.7 Å². The van der Waals surface area contributed by atoms with Gasteiger partial charge in [-0.2, -0.15) is 0 Å². The van der Waals surface area contributed by atoms with Crippen LogP contribution in [0.25, 0.3) is 22.0 Å². The lowest BCUT2D eigenvalue weighted by molar-refractivity contribution is 0.420. The highest BCUT2D eigenvalue weighted by Crippen LogP contribution is 2.53. The molecule has 2 bridgehead atoms. The van der Waals surface area contributed by atoms with E-state index in [0.717, 1.165) is 23.4 Å². The number of pyridine rings is 1. The van der Waals surface area contributed by atoms with E-state index in [9.17, 15) is 0 Å². The Hall–Kier alpha value is -2.15. The molecule has 0 spiro atoms. The average molecular weight is 327 g/mol. The maximum atomic E-state index is 4.78. The minimum atomic E-state index is 0.774. The van der Waals surface area contributed by atoms with Crippen LogP contribution in [-0.2, 0) is 0 Å². The molecule has 2 aliphatic rings. The molecule has 126 valence electrons. The van der Waals surface area contributed by atoms with Crippen molar-refractivity contribution in [3.8, 4) is 11.3 Å². The minimum absolute atomic E-state index is 0.774. The zero-order valence-electron chi connectivity index (χ0n) is 15.1. The highest BCUT2D eigenvalue weighted by atomic mass is 14.7. The van der Waals surface area contributed by atoms with E-state index in [1.807, 2.05) is 6.20 Å². The van der Waals surface area contributed by atoms with Crippen LogP contribution in [0.1, 0.15) is 48.3 Å². The van der Waals surface area contributed by atoms with Crippen molar-refractivity contribution in [3.05, 3.63) is 65.4 Å². The Morgan fingerprint density at radius 2 is 1.72 bits per heavy atom. The Balaban J connectivity index is 1.65. The van der Waals surface area contributed by atoms with Crippen LogP contribution in [0.2, 0.25) is 0 Å². The van der Waals surface area contributed by atoms with Gasteiger partial charge in [-0.05, 0) is 86.1 Å². The first-order chi connectivity index (χ1) is 12.2. The molecule has 1 nitrogen and oxygen atoms in total. The third-order valence-corrected chi connectivity index (χ3v) is 6.45. The fourth-order valence-corrected chi connectivity index (χ4v) is 5.41. The van der Waals surface area contributed by atoms with E-state index >= 15 is 0 Å². The van der Waals surface area contributed by atoms with Gasteiger partial charge >= 0.3 is 0 Å². The molecule has 2 aromatic carbocycles. The summed E-state index contributed by atoms with van der Waals surface area (Å²) < 4.78 is 0. The summed E-state index contributed by atoms with van der Waals surface area (Å²) in [6.07, 6.45) is 7.70. The Morgan fingerprint density at radius 3 is 2.44 bits per heavy atom. The van der Waals surface area contributed by atoms with Crippen molar-refractivity contribution < 1.29 is 0 Å². The van der Waals surface area contributed by atoms with Crippen molar-refractivity contribution in [3.63, 3.8) is 0 Å². The number of nitrogens with zero attached hydrogens (tertiary/aromatic N) is 1. The van der Waals surface area contributed by atoms with Crippen molar-refractivity contribution in [2.24, 2.45) is 11.8 Å². The molecule has 2 fully saturated rings. The van der Waals surface area contributed by atoms with Gasteiger partial charge in [0.15, 0.2) is 0 Å². The molecule has 1 aromatic heterocycles. The first-order valence-corrected chi connectivity index (χ1v) is 9.65. The zero-order chi connectivity index (χ0) is 17.0. The summed E-state index contributed by atoms with van der Waals surface area (Å²) in [6.45, 7) is 4.34. The summed E-state index contributed by atoms with van der Waals surface area (Å²) in [7, 11) is 0. The molecular weight excluding hydrogens is 302 g/mol. The normalized spacial score (nSPS) is 25.0. The van der Waals surface area contributed by atoms with E-state index in [4.69, 9.17) is 4.98 Å². The van der Waals surface area contributed by atoms with Crippen LogP contribution in [-0.4, -0.2) is 4.98 Å². The first-order valence-electron chi connectivity index (χ1n) is 9.65. The van der Waals surface area contributed by atoms with Crippen LogP contribution >= 0.6 is 0 Å². The summed E-state index contributed by atoms with van der Waals surface area (Å²) in [5.74, 6) is 2.68. The number of aryl methyl sites for hydroxylation is 2. The van der Waals surface area contributed by atoms with Gasteiger partial charge in [0.2, 0.25) is 0 Å². The zero-order valence-corrected chi connectivity index (χ0v) is 15.1. The monoisotopic (exact) mass is 327 g/mol. The lowest BCUT2D eigenvalue weighted by Gasteiger charge is -2.22. The van der Waals surface area contributed by atoms with Crippen molar-refractivity contribution in [2.75, 3.05) is 0 Å². The molecule has 3 aromatic rings. The molecule has 2 aliphatic carbocycles. The molecule has 1 heterocycles. The molecule has 1 heteroatoms. The number of fused-ring (bicyclic) bond motifs is 3. The molecule has 0 aliphatic heterocycles. The van der Waals surface area contributed by atoms with Crippen LogP contribution in [0.3, 0.4) is 0 Å². The second-order valence-electron chi connectivity index (χ2n) is 8.30. The summed E-state index contributed by atoms with van der Waals surface area (Å²) in [5.41, 5.74) is 6.52. The number of benzene rings is 2. The summed E-state index contributed by atoms with van der Waals surface area (Å²) in [4.78, 5) is 4.78. The van der Waals surface area contributed by atoms with Gasteiger partial charge in [-0.15, -0.1) is 0 Å². The third-order valence-electron chi connectivity index (χ3n) is 6.45. The Kier molecular flexibility index (Phi) is 3.45. The Bertz CT molecular complexity index is 935. The van der Waals surface area contributed by atoms with Gasteiger partial charge in [-0.25, -0.2) is 0 Å². The highest BCUT2D eigenvalue weighted by Gasteiger charge is 2.40. The molecule has 3 atom stereocenters. The van der Waals surface area contributed by atoms with Gasteiger partial charge in [0, 0.05) is 17.1 Å². The SMILES string of the molecule is Cc1cc(C)cc(-c2nccc3ccc(C4CC5CCC4C5)cc23)c1. The smallest absolute Gasteiger partial charge is 0.0780 e. The van der Waals surface area contributed by atoms with Crippen LogP contribution in [0, 0.1) is 25.7 Å². The Labute approximate surface area is 150 Å². The fraction of sp³-hybridized carbons (Fsp3) is 0.375. The summed E-state index contributed by atoms with van der Waals surface area (Å²) >= 11 is 0. The van der Waals surface area contributed by atoms with E-state index in [2.05, 4.69) is 56.3 Å². The summed E-state index contributed by atoms with van der Waals surface area (Å²) in [6, 6.07) is 16.0. The molecule has 0 radical (unpaired) electrons. The third kappa shape index (κ3) is 2.57. The number of hydrogen-bond donors (Lipinski definition) is 0. The van der Waals surface area contributed by atoms with Crippen LogP contribution in [0.4, 0.5) is 0 Å². The number of rotatable bonds is 2. The predicted octanol–water partition coefficient (Wildman–Crippen LogP) is 6.42. The largest absolute Gasteiger partial charge is 0.256 e. The maximum Gasteiger partial charge on any atom is 0.0780 e. The Morgan fingerprint density at radius 1 is 0.880 bits per heavy atom. The molecule has 0 saturated heterocycles.